The van der Waals surface area contributed by atoms with Crippen LogP contribution in [0.2, 0.25) is 0 Å². The molecule has 1 atom stereocenters. The van der Waals surface area contributed by atoms with Gasteiger partial charge in [0.2, 0.25) is 0 Å². The second-order valence-electron chi connectivity index (χ2n) is 4.62. The third-order valence-corrected chi connectivity index (χ3v) is 2.75. The fourth-order valence-corrected chi connectivity index (χ4v) is 1.78. The van der Waals surface area contributed by atoms with Crippen LogP contribution in [-0.4, -0.2) is 31.0 Å². The zero-order chi connectivity index (χ0) is 14.6. The lowest BCUT2D eigenvalue weighted by atomic mass is 10.2. The Labute approximate surface area is 121 Å². The topological polar surface area (TPSA) is 38.7 Å². The maximum Gasteiger partial charge on any atom is 0.120 e. The van der Waals surface area contributed by atoms with Gasteiger partial charge in [0.1, 0.15) is 12.4 Å². The summed E-state index contributed by atoms with van der Waals surface area (Å²) in [5.74, 6) is 6.68. The number of aliphatic hydroxyl groups excluding tert-OH is 1. The summed E-state index contributed by atoms with van der Waals surface area (Å²) < 4.78 is 11.3. The molecule has 110 valence electrons. The zero-order valence-electron chi connectivity index (χ0n) is 12.4. The summed E-state index contributed by atoms with van der Waals surface area (Å²) in [5.41, 5.74) is 0.899. The Morgan fingerprint density at radius 1 is 1.30 bits per heavy atom. The Kier molecular flexibility index (Phi) is 8.53. The second-order valence-corrected chi connectivity index (χ2v) is 4.62. The zero-order valence-corrected chi connectivity index (χ0v) is 12.4. The van der Waals surface area contributed by atoms with E-state index >= 15 is 0 Å². The van der Waals surface area contributed by atoms with E-state index in [-0.39, 0.29) is 6.61 Å². The molecule has 1 aromatic carbocycles. The molecule has 0 saturated heterocycles. The quantitative estimate of drug-likeness (QED) is 0.586. The normalized spacial score (nSPS) is 11.6. The third kappa shape index (κ3) is 7.18. The van der Waals surface area contributed by atoms with E-state index < -0.39 is 0 Å². The fraction of sp³-hybridized carbons (Fsp3) is 0.529. The molecule has 3 nitrogen and oxygen atoms in total. The molecule has 0 aliphatic carbocycles. The van der Waals surface area contributed by atoms with Crippen molar-refractivity contribution in [1.29, 1.82) is 0 Å². The molecule has 0 aliphatic rings. The minimum absolute atomic E-state index is 0.0937. The minimum Gasteiger partial charge on any atom is -0.491 e. The monoisotopic (exact) mass is 276 g/mol. The molecule has 0 saturated carbocycles. The van der Waals surface area contributed by atoms with E-state index in [2.05, 4.69) is 25.7 Å². The van der Waals surface area contributed by atoms with Crippen LogP contribution in [0.25, 0.3) is 0 Å². The fourth-order valence-electron chi connectivity index (χ4n) is 1.78. The summed E-state index contributed by atoms with van der Waals surface area (Å²) in [7, 11) is 0. The SMILES string of the molecule is CCCC(C)OCCOc1cccc(C#CCCO)c1. The van der Waals surface area contributed by atoms with E-state index in [1.807, 2.05) is 24.3 Å². The molecule has 0 radical (unpaired) electrons. The molecule has 0 fully saturated rings. The van der Waals surface area contributed by atoms with Gasteiger partial charge in [-0.1, -0.05) is 31.3 Å². The van der Waals surface area contributed by atoms with E-state index in [0.717, 1.165) is 24.2 Å². The van der Waals surface area contributed by atoms with E-state index in [9.17, 15) is 0 Å². The van der Waals surface area contributed by atoms with Crippen LogP contribution in [0.5, 0.6) is 5.75 Å². The molecule has 3 heteroatoms. The first-order chi connectivity index (χ1) is 9.76. The smallest absolute Gasteiger partial charge is 0.120 e. The summed E-state index contributed by atoms with van der Waals surface area (Å²) in [4.78, 5) is 0. The maximum absolute atomic E-state index is 8.68. The van der Waals surface area contributed by atoms with Crippen LogP contribution in [-0.2, 0) is 4.74 Å². The molecule has 1 aromatic rings. The van der Waals surface area contributed by atoms with E-state index in [1.165, 1.54) is 0 Å². The van der Waals surface area contributed by atoms with Gasteiger partial charge in [0.05, 0.1) is 19.3 Å². The molecule has 1 N–H and O–H groups in total. The van der Waals surface area contributed by atoms with Crippen molar-refractivity contribution in [2.24, 2.45) is 0 Å². The van der Waals surface area contributed by atoms with E-state index in [1.54, 1.807) is 0 Å². The molecule has 0 heterocycles. The van der Waals surface area contributed by atoms with E-state index in [0.29, 0.717) is 25.7 Å². The van der Waals surface area contributed by atoms with Crippen LogP contribution >= 0.6 is 0 Å². The number of aliphatic hydroxyl groups is 1. The average Bonchev–Trinajstić information content (AvgIpc) is 2.45. The van der Waals surface area contributed by atoms with Gasteiger partial charge < -0.3 is 14.6 Å². The van der Waals surface area contributed by atoms with Crippen LogP contribution in [0.4, 0.5) is 0 Å². The summed E-state index contributed by atoms with van der Waals surface area (Å²) in [6.07, 6.45) is 3.00. The summed E-state index contributed by atoms with van der Waals surface area (Å²) in [6, 6.07) is 7.66. The first-order valence-corrected chi connectivity index (χ1v) is 7.20. The van der Waals surface area contributed by atoms with Crippen molar-refractivity contribution >= 4 is 0 Å². The first kappa shape index (κ1) is 16.6. The van der Waals surface area contributed by atoms with Crippen molar-refractivity contribution in [2.75, 3.05) is 19.8 Å². The van der Waals surface area contributed by atoms with E-state index in [4.69, 9.17) is 14.6 Å². The Morgan fingerprint density at radius 2 is 2.15 bits per heavy atom. The van der Waals surface area contributed by atoms with Crippen molar-refractivity contribution in [2.45, 2.75) is 39.2 Å². The summed E-state index contributed by atoms with van der Waals surface area (Å²) in [6.45, 7) is 5.47. The number of hydrogen-bond acceptors (Lipinski definition) is 3. The van der Waals surface area contributed by atoms with Crippen LogP contribution in [0, 0.1) is 11.8 Å². The predicted octanol–water partition coefficient (Wildman–Crippen LogP) is 3.00. The van der Waals surface area contributed by atoms with Gasteiger partial charge >= 0.3 is 0 Å². The van der Waals surface area contributed by atoms with Crippen molar-refractivity contribution in [3.8, 4) is 17.6 Å². The maximum atomic E-state index is 8.68. The Bertz CT molecular complexity index is 431. The number of benzene rings is 1. The van der Waals surface area contributed by atoms with Gasteiger partial charge in [-0.2, -0.15) is 0 Å². The molecule has 1 unspecified atom stereocenters. The second kappa shape index (κ2) is 10.3. The molecule has 0 aliphatic heterocycles. The van der Waals surface area contributed by atoms with Crippen molar-refractivity contribution < 1.29 is 14.6 Å². The predicted molar refractivity (Wildman–Crippen MR) is 80.8 cm³/mol. The lowest BCUT2D eigenvalue weighted by molar-refractivity contribution is 0.0395. The van der Waals surface area contributed by atoms with Crippen LogP contribution in [0.15, 0.2) is 24.3 Å². The highest BCUT2D eigenvalue weighted by molar-refractivity contribution is 5.39. The van der Waals surface area contributed by atoms with Gasteiger partial charge in [0, 0.05) is 12.0 Å². The highest BCUT2D eigenvalue weighted by Gasteiger charge is 2.00. The number of rotatable bonds is 8. The Morgan fingerprint density at radius 3 is 2.90 bits per heavy atom. The standard InChI is InChI=1S/C17H24O3/c1-3-7-15(2)19-12-13-20-17-10-6-9-16(14-17)8-4-5-11-18/h6,9-10,14-15,18H,3,5,7,11-13H2,1-2H3. The van der Waals surface area contributed by atoms with Crippen LogP contribution in [0.3, 0.4) is 0 Å². The molecule has 0 amide bonds. The number of ether oxygens (including phenoxy) is 2. The lowest BCUT2D eigenvalue weighted by Gasteiger charge is -2.12. The molecule has 1 rings (SSSR count). The molecule has 20 heavy (non-hydrogen) atoms. The molecular weight excluding hydrogens is 252 g/mol. The highest BCUT2D eigenvalue weighted by Crippen LogP contribution is 2.12. The molecule has 0 aromatic heterocycles. The molecular formula is C17H24O3. The third-order valence-electron chi connectivity index (χ3n) is 2.75. The van der Waals surface area contributed by atoms with Gasteiger partial charge in [-0.25, -0.2) is 0 Å². The van der Waals surface area contributed by atoms with Crippen molar-refractivity contribution in [3.05, 3.63) is 29.8 Å². The van der Waals surface area contributed by atoms with Crippen molar-refractivity contribution in [1.82, 2.24) is 0 Å². The minimum atomic E-state index is 0.0937. The molecule has 0 spiro atoms. The van der Waals surface area contributed by atoms with Crippen LogP contribution < -0.4 is 4.74 Å². The van der Waals surface area contributed by atoms with Crippen LogP contribution in [0.1, 0.15) is 38.7 Å². The average molecular weight is 276 g/mol. The van der Waals surface area contributed by atoms with Gasteiger partial charge in [0.25, 0.3) is 0 Å². The summed E-state index contributed by atoms with van der Waals surface area (Å²) >= 11 is 0. The summed E-state index contributed by atoms with van der Waals surface area (Å²) in [5, 5.41) is 8.68. The lowest BCUT2D eigenvalue weighted by Crippen LogP contribution is -2.13. The highest BCUT2D eigenvalue weighted by atomic mass is 16.5. The van der Waals surface area contributed by atoms with Gasteiger partial charge in [-0.15, -0.1) is 0 Å². The largest absolute Gasteiger partial charge is 0.491 e. The van der Waals surface area contributed by atoms with Crippen molar-refractivity contribution in [3.63, 3.8) is 0 Å². The first-order valence-electron chi connectivity index (χ1n) is 7.20. The van der Waals surface area contributed by atoms with Gasteiger partial charge in [-0.05, 0) is 31.5 Å². The van der Waals surface area contributed by atoms with Gasteiger partial charge in [0.15, 0.2) is 0 Å². The molecule has 0 bridgehead atoms. The number of hydrogen-bond donors (Lipinski definition) is 1. The Hall–Kier alpha value is -1.50. The Balaban J connectivity index is 2.34. The van der Waals surface area contributed by atoms with Gasteiger partial charge in [-0.3, -0.25) is 0 Å².